The van der Waals surface area contributed by atoms with Crippen molar-refractivity contribution >= 4 is 89.6 Å². The quantitative estimate of drug-likeness (QED) is 0.136. The van der Waals surface area contributed by atoms with Crippen LogP contribution in [0.3, 0.4) is 0 Å². The zero-order chi connectivity index (χ0) is 62.3. The molecular formula is C80H58BClN6O4. The van der Waals surface area contributed by atoms with Crippen LogP contribution >= 0.6 is 11.6 Å². The Kier molecular flexibility index (Phi) is 15.1. The molecular weight excluding hydrogens is 1160 g/mol. The molecule has 0 unspecified atom stereocenters. The summed E-state index contributed by atoms with van der Waals surface area (Å²) in [5, 5.41) is 9.25. The van der Waals surface area contributed by atoms with Crippen LogP contribution in [0, 0.1) is 0 Å². The van der Waals surface area contributed by atoms with E-state index >= 15 is 0 Å². The number of furan rings is 2. The minimum absolute atomic E-state index is 0.187. The van der Waals surface area contributed by atoms with Gasteiger partial charge in [-0.2, -0.15) is 9.97 Å². The van der Waals surface area contributed by atoms with E-state index in [9.17, 15) is 0 Å². The Morgan fingerprint density at radius 2 is 0.652 bits per heavy atom. The number of nitrogens with zero attached hydrogens (tertiary/aromatic N) is 6. The summed E-state index contributed by atoms with van der Waals surface area (Å²) in [5.41, 5.74) is 13.0. The molecule has 92 heavy (non-hydrogen) atoms. The van der Waals surface area contributed by atoms with Gasteiger partial charge in [0.15, 0.2) is 29.1 Å². The standard InChI is InChI=1S/C37H23N3O.C22H21BO3.C21H14ClN3/c1-3-11-24(12-4-1)29-15-7-8-17-31(29)37-39-35(25-13-5-2-6-14-25)38-36(40-37)27-20-19-26-22-32-30-16-9-10-18-33(30)41-34(32)23-28(26)21-27;1-21(2)22(3,4)26-23(25-21)16-10-9-14-12-18-17-7-5-6-8-19(17)24-20(18)13-15(14)11-16;22-21-24-19(16-11-5-2-6-12-16)23-20(25-21)18-14-8-7-13-17(18)15-9-3-1-4-10-15/h1-23H;5-13H,1-4H3;1-14H. The van der Waals surface area contributed by atoms with Gasteiger partial charge in [-0.15, -0.1) is 0 Å². The molecule has 4 aromatic heterocycles. The van der Waals surface area contributed by atoms with Crippen LogP contribution in [-0.4, -0.2) is 48.2 Å². The largest absolute Gasteiger partial charge is 0.494 e. The number of para-hydroxylation sites is 2. The summed E-state index contributed by atoms with van der Waals surface area (Å²) in [6.45, 7) is 8.30. The Morgan fingerprint density at radius 1 is 0.283 bits per heavy atom. The van der Waals surface area contributed by atoms with Gasteiger partial charge in [-0.25, -0.2) is 19.9 Å². The summed E-state index contributed by atoms with van der Waals surface area (Å²) in [7, 11) is -0.351. The van der Waals surface area contributed by atoms with Crippen LogP contribution in [0.2, 0.25) is 5.28 Å². The molecule has 0 aliphatic carbocycles. The highest BCUT2D eigenvalue weighted by Crippen LogP contribution is 2.40. The zero-order valence-electron chi connectivity index (χ0n) is 50.8. The van der Waals surface area contributed by atoms with Gasteiger partial charge in [-0.05, 0) is 131 Å². The minimum Gasteiger partial charge on any atom is -0.456 e. The zero-order valence-corrected chi connectivity index (χ0v) is 51.6. The van der Waals surface area contributed by atoms with Crippen molar-refractivity contribution in [3.05, 3.63) is 284 Å². The maximum absolute atomic E-state index is 6.19. The first-order chi connectivity index (χ1) is 44.9. The second-order valence-electron chi connectivity index (χ2n) is 23.8. The third kappa shape index (κ3) is 11.3. The maximum atomic E-state index is 6.19. The van der Waals surface area contributed by atoms with Crippen LogP contribution in [-0.2, 0) is 9.31 Å². The van der Waals surface area contributed by atoms with E-state index in [2.05, 4.69) is 170 Å². The normalized spacial score (nSPS) is 13.3. The van der Waals surface area contributed by atoms with Gasteiger partial charge in [0.2, 0.25) is 5.28 Å². The van der Waals surface area contributed by atoms with Gasteiger partial charge in [0.25, 0.3) is 0 Å². The second-order valence-corrected chi connectivity index (χ2v) is 24.1. The summed E-state index contributed by atoms with van der Waals surface area (Å²) in [6, 6.07) is 94.4. The first-order valence-corrected chi connectivity index (χ1v) is 31.0. The lowest BCUT2D eigenvalue weighted by Crippen LogP contribution is -2.41. The van der Waals surface area contributed by atoms with Crippen molar-refractivity contribution < 1.29 is 18.1 Å². The molecule has 0 saturated carbocycles. The predicted octanol–water partition coefficient (Wildman–Crippen LogP) is 20.2. The van der Waals surface area contributed by atoms with Crippen LogP contribution in [0.4, 0.5) is 0 Å². The second kappa shape index (κ2) is 24.1. The third-order valence-electron chi connectivity index (χ3n) is 17.3. The highest BCUT2D eigenvalue weighted by molar-refractivity contribution is 6.62. The lowest BCUT2D eigenvalue weighted by Gasteiger charge is -2.32. The van der Waals surface area contributed by atoms with Gasteiger partial charge in [-0.1, -0.05) is 237 Å². The Labute approximate surface area is 537 Å². The Hall–Kier alpha value is -10.9. The summed E-state index contributed by atoms with van der Waals surface area (Å²) < 4.78 is 24.6. The maximum Gasteiger partial charge on any atom is 0.494 e. The SMILES string of the molecule is CC1(C)OB(c2ccc3cc4c(cc3c2)oc2ccccc24)OC1(C)C.Clc1nc(-c2ccccc2)nc(-c2ccccc2-c2ccccc2)n1.c1ccc(-c2nc(-c3ccc4cc5c(cc4c3)oc3ccccc35)nc(-c3ccccc3-c3ccccc3)n2)cc1. The third-order valence-corrected chi connectivity index (χ3v) is 17.5. The number of hydrogen-bond acceptors (Lipinski definition) is 10. The fraction of sp³-hybridized carbons (Fsp3) is 0.0750. The van der Waals surface area contributed by atoms with E-state index in [1.807, 2.05) is 152 Å². The van der Waals surface area contributed by atoms with E-state index in [1.165, 1.54) is 5.39 Å². The predicted molar refractivity (Wildman–Crippen MR) is 374 cm³/mol. The molecule has 0 radical (unpaired) electrons. The van der Waals surface area contributed by atoms with E-state index in [-0.39, 0.29) is 23.6 Å². The van der Waals surface area contributed by atoms with Crippen LogP contribution < -0.4 is 5.46 Å². The van der Waals surface area contributed by atoms with E-state index in [1.54, 1.807) is 0 Å². The smallest absolute Gasteiger partial charge is 0.456 e. The molecule has 12 aromatic carbocycles. The number of rotatable bonds is 8. The number of fused-ring (bicyclic) bond motifs is 8. The summed E-state index contributed by atoms with van der Waals surface area (Å²) in [5.74, 6) is 3.04. The number of benzene rings is 12. The first kappa shape index (κ1) is 57.5. The monoisotopic (exact) mass is 1210 g/mol. The van der Waals surface area contributed by atoms with Crippen molar-refractivity contribution in [1.29, 1.82) is 0 Å². The molecule has 5 heterocycles. The molecule has 1 fully saturated rings. The van der Waals surface area contributed by atoms with E-state index in [0.717, 1.165) is 116 Å². The summed E-state index contributed by atoms with van der Waals surface area (Å²) >= 11 is 6.19. The van der Waals surface area contributed by atoms with Gasteiger partial charge in [0.05, 0.1) is 11.2 Å². The van der Waals surface area contributed by atoms with Crippen LogP contribution in [0.1, 0.15) is 27.7 Å². The molecule has 17 rings (SSSR count). The number of halogens is 1. The van der Waals surface area contributed by atoms with Gasteiger partial charge >= 0.3 is 7.12 Å². The van der Waals surface area contributed by atoms with E-state index in [0.29, 0.717) is 29.1 Å². The Balaban J connectivity index is 0.000000120. The lowest BCUT2D eigenvalue weighted by molar-refractivity contribution is 0.00578. The van der Waals surface area contributed by atoms with Crippen molar-refractivity contribution in [2.75, 3.05) is 0 Å². The fourth-order valence-corrected chi connectivity index (χ4v) is 12.0. The van der Waals surface area contributed by atoms with Crippen molar-refractivity contribution in [3.63, 3.8) is 0 Å². The Morgan fingerprint density at radius 3 is 1.15 bits per heavy atom. The molecule has 0 bridgehead atoms. The molecule has 1 saturated heterocycles. The van der Waals surface area contributed by atoms with Crippen LogP contribution in [0.15, 0.2) is 288 Å². The average molecular weight is 1210 g/mol. The van der Waals surface area contributed by atoms with Gasteiger partial charge in [0, 0.05) is 49.4 Å². The van der Waals surface area contributed by atoms with E-state index < -0.39 is 0 Å². The topological polar surface area (TPSA) is 122 Å². The molecule has 0 spiro atoms. The fourth-order valence-electron chi connectivity index (χ4n) is 11.8. The highest BCUT2D eigenvalue weighted by atomic mass is 35.5. The molecule has 442 valence electrons. The average Bonchev–Trinajstić information content (AvgIpc) is 1.62. The lowest BCUT2D eigenvalue weighted by atomic mass is 9.78. The van der Waals surface area contributed by atoms with Gasteiger partial charge < -0.3 is 18.1 Å². The summed E-state index contributed by atoms with van der Waals surface area (Å²) in [6.07, 6.45) is 0. The molecule has 0 amide bonds. The molecule has 12 heteroatoms. The molecule has 16 aromatic rings. The van der Waals surface area contributed by atoms with Crippen molar-refractivity contribution in [3.8, 4) is 79.2 Å². The van der Waals surface area contributed by atoms with Gasteiger partial charge in [-0.3, -0.25) is 0 Å². The Bertz CT molecular complexity index is 5380. The minimum atomic E-state index is -0.351. The number of hydrogen-bond donors (Lipinski definition) is 0. The van der Waals surface area contributed by atoms with Crippen molar-refractivity contribution in [1.82, 2.24) is 29.9 Å². The molecule has 1 aliphatic rings. The number of aromatic nitrogens is 6. The summed E-state index contributed by atoms with van der Waals surface area (Å²) in [4.78, 5) is 28.3. The van der Waals surface area contributed by atoms with E-state index in [4.69, 9.17) is 44.7 Å². The van der Waals surface area contributed by atoms with Crippen LogP contribution in [0.25, 0.3) is 145 Å². The van der Waals surface area contributed by atoms with Gasteiger partial charge in [0.1, 0.15) is 22.3 Å². The molecule has 0 N–H and O–H groups in total. The molecule has 0 atom stereocenters. The molecule has 1 aliphatic heterocycles. The van der Waals surface area contributed by atoms with Crippen molar-refractivity contribution in [2.24, 2.45) is 0 Å². The molecule has 10 nitrogen and oxygen atoms in total. The first-order valence-electron chi connectivity index (χ1n) is 30.6. The van der Waals surface area contributed by atoms with Crippen LogP contribution in [0.5, 0.6) is 0 Å². The van der Waals surface area contributed by atoms with Crippen molar-refractivity contribution in [2.45, 2.75) is 38.9 Å². The highest BCUT2D eigenvalue weighted by Gasteiger charge is 2.51.